The van der Waals surface area contributed by atoms with Crippen molar-refractivity contribution in [1.29, 1.82) is 0 Å². The Morgan fingerprint density at radius 2 is 1.73 bits per heavy atom. The largest absolute Gasteiger partial charge is 0.489 e. The number of amides is 1. The maximum Gasteiger partial charge on any atom is 0.217 e. The molecule has 1 heterocycles. The number of halogens is 1. The second-order valence-corrected chi connectivity index (χ2v) is 9.33. The maximum atomic E-state index is 15.3. The van der Waals surface area contributed by atoms with Crippen molar-refractivity contribution < 1.29 is 23.3 Å². The van der Waals surface area contributed by atoms with Gasteiger partial charge < -0.3 is 20.5 Å². The Morgan fingerprint density at radius 3 is 2.58 bits per heavy atom. The molecule has 0 atom stereocenters. The van der Waals surface area contributed by atoms with Gasteiger partial charge in [-0.1, -0.05) is 60.7 Å². The van der Waals surface area contributed by atoms with E-state index in [1.165, 1.54) is 0 Å². The highest BCUT2D eigenvalue weighted by Crippen LogP contribution is 2.29. The molecule has 5 aromatic rings. The van der Waals surface area contributed by atoms with Crippen LogP contribution in [0.4, 0.5) is 4.39 Å². The average Bonchev–Trinajstić information content (AvgIpc) is 3.44. The standard InChI is InChI=1S/C31H29FN4O4/c32-31-24(8-4-9-26(31)22-6-2-1-3-7-22)20-38-25-13-12-23(18-34-15-5-10-30(33)37)29(17-25)39-19-21-11-14-27-28(16-21)36-40-35-27/h1-4,6-9,11-14,16-17,34H,5,10,15,18-20H2,(H2,33,37). The number of nitrogens with one attached hydrogen (secondary N) is 1. The third-order valence-electron chi connectivity index (χ3n) is 6.40. The van der Waals surface area contributed by atoms with Crippen LogP contribution in [0.25, 0.3) is 22.2 Å². The summed E-state index contributed by atoms with van der Waals surface area (Å²) in [5.41, 5.74) is 10.2. The van der Waals surface area contributed by atoms with E-state index in [1.54, 1.807) is 18.2 Å². The van der Waals surface area contributed by atoms with E-state index in [0.717, 1.165) is 16.7 Å². The second-order valence-electron chi connectivity index (χ2n) is 9.33. The fourth-order valence-corrected chi connectivity index (χ4v) is 4.29. The Balaban J connectivity index is 1.30. The summed E-state index contributed by atoms with van der Waals surface area (Å²) in [5, 5.41) is 11.0. The van der Waals surface area contributed by atoms with Crippen LogP contribution in [0.15, 0.2) is 89.6 Å². The smallest absolute Gasteiger partial charge is 0.217 e. The first-order valence-corrected chi connectivity index (χ1v) is 13.0. The first-order valence-electron chi connectivity index (χ1n) is 13.0. The molecule has 0 saturated heterocycles. The molecule has 9 heteroatoms. The summed E-state index contributed by atoms with van der Waals surface area (Å²) in [4.78, 5) is 11.0. The first kappa shape index (κ1) is 26.8. The van der Waals surface area contributed by atoms with Gasteiger partial charge in [-0.05, 0) is 52.6 Å². The number of rotatable bonds is 13. The summed E-state index contributed by atoms with van der Waals surface area (Å²) in [6.07, 6.45) is 0.969. The van der Waals surface area contributed by atoms with Gasteiger partial charge in [-0.15, -0.1) is 0 Å². The minimum Gasteiger partial charge on any atom is -0.489 e. The zero-order chi connectivity index (χ0) is 27.7. The number of hydrogen-bond acceptors (Lipinski definition) is 7. The number of aromatic nitrogens is 2. The zero-order valence-electron chi connectivity index (χ0n) is 21.8. The maximum absolute atomic E-state index is 15.3. The average molecular weight is 541 g/mol. The van der Waals surface area contributed by atoms with Crippen LogP contribution >= 0.6 is 0 Å². The van der Waals surface area contributed by atoms with E-state index in [1.807, 2.05) is 66.7 Å². The molecule has 204 valence electrons. The van der Waals surface area contributed by atoms with Crippen molar-refractivity contribution in [2.45, 2.75) is 32.6 Å². The SMILES string of the molecule is NC(=O)CCCNCc1ccc(OCc2cccc(-c3ccccc3)c2F)cc1OCc1ccc2nonc2c1. The van der Waals surface area contributed by atoms with Gasteiger partial charge in [0, 0.05) is 35.7 Å². The summed E-state index contributed by atoms with van der Waals surface area (Å²) in [7, 11) is 0. The Labute approximate surface area is 230 Å². The number of nitrogens with zero attached hydrogens (tertiary/aromatic N) is 2. The van der Waals surface area contributed by atoms with E-state index in [2.05, 4.69) is 15.6 Å². The van der Waals surface area contributed by atoms with Gasteiger partial charge in [0.25, 0.3) is 0 Å². The van der Waals surface area contributed by atoms with Crippen molar-refractivity contribution in [1.82, 2.24) is 15.6 Å². The molecule has 0 bridgehead atoms. The van der Waals surface area contributed by atoms with Gasteiger partial charge in [0.2, 0.25) is 5.91 Å². The van der Waals surface area contributed by atoms with Crippen LogP contribution in [0.1, 0.15) is 29.5 Å². The van der Waals surface area contributed by atoms with Gasteiger partial charge in [-0.3, -0.25) is 4.79 Å². The second kappa shape index (κ2) is 12.9. The fraction of sp³-hybridized carbons (Fsp3) is 0.194. The number of carbonyl (C=O) groups excluding carboxylic acids is 1. The van der Waals surface area contributed by atoms with Crippen molar-refractivity contribution in [2.75, 3.05) is 6.54 Å². The van der Waals surface area contributed by atoms with Crippen LogP contribution in [0.5, 0.6) is 11.5 Å². The quantitative estimate of drug-likeness (QED) is 0.189. The molecule has 1 amide bonds. The lowest BCUT2D eigenvalue weighted by Crippen LogP contribution is -2.18. The molecule has 3 N–H and O–H groups in total. The lowest BCUT2D eigenvalue weighted by Gasteiger charge is -2.15. The lowest BCUT2D eigenvalue weighted by molar-refractivity contribution is -0.118. The highest BCUT2D eigenvalue weighted by atomic mass is 19.1. The minimum absolute atomic E-state index is 0.0620. The van der Waals surface area contributed by atoms with Crippen LogP contribution in [-0.2, 0) is 24.6 Å². The van der Waals surface area contributed by atoms with E-state index < -0.39 is 0 Å². The molecule has 0 unspecified atom stereocenters. The molecule has 5 rings (SSSR count). The van der Waals surface area contributed by atoms with Crippen molar-refractivity contribution in [3.63, 3.8) is 0 Å². The molecule has 1 aromatic heterocycles. The molecule has 4 aromatic carbocycles. The highest BCUT2D eigenvalue weighted by molar-refractivity contribution is 5.74. The van der Waals surface area contributed by atoms with Gasteiger partial charge in [-0.25, -0.2) is 9.02 Å². The number of primary amides is 1. The molecule has 0 fully saturated rings. The number of fused-ring (bicyclic) bond motifs is 1. The van der Waals surface area contributed by atoms with E-state index >= 15 is 4.39 Å². The fourth-order valence-electron chi connectivity index (χ4n) is 4.29. The van der Waals surface area contributed by atoms with Crippen molar-refractivity contribution in [3.05, 3.63) is 107 Å². The molecule has 0 radical (unpaired) electrons. The topological polar surface area (TPSA) is 113 Å². The molecule has 0 saturated carbocycles. The third-order valence-corrected chi connectivity index (χ3v) is 6.40. The molecule has 0 spiro atoms. The van der Waals surface area contributed by atoms with Crippen LogP contribution in [0, 0.1) is 5.82 Å². The van der Waals surface area contributed by atoms with Gasteiger partial charge in [0.1, 0.15) is 41.6 Å². The molecule has 0 aliphatic rings. The van der Waals surface area contributed by atoms with E-state index in [4.69, 9.17) is 19.8 Å². The van der Waals surface area contributed by atoms with E-state index in [9.17, 15) is 4.79 Å². The number of ether oxygens (including phenoxy) is 2. The molecule has 40 heavy (non-hydrogen) atoms. The lowest BCUT2D eigenvalue weighted by atomic mass is 10.0. The number of nitrogens with two attached hydrogens (primary N) is 1. The van der Waals surface area contributed by atoms with Gasteiger partial charge in [0.15, 0.2) is 0 Å². The summed E-state index contributed by atoms with van der Waals surface area (Å²) in [6, 6.07) is 25.9. The van der Waals surface area contributed by atoms with Gasteiger partial charge >= 0.3 is 0 Å². The van der Waals surface area contributed by atoms with Crippen LogP contribution < -0.4 is 20.5 Å². The summed E-state index contributed by atoms with van der Waals surface area (Å²) in [5.74, 6) is 0.543. The monoisotopic (exact) mass is 540 g/mol. The Hall–Kier alpha value is -4.76. The third kappa shape index (κ3) is 6.81. The number of benzene rings is 4. The number of carbonyl (C=O) groups is 1. The van der Waals surface area contributed by atoms with Gasteiger partial charge in [-0.2, -0.15) is 0 Å². The van der Waals surface area contributed by atoms with Crippen LogP contribution in [0.2, 0.25) is 0 Å². The molecular weight excluding hydrogens is 511 g/mol. The summed E-state index contributed by atoms with van der Waals surface area (Å²) < 4.78 is 32.3. The molecule has 0 aliphatic carbocycles. The molecular formula is C31H29FN4O4. The predicted molar refractivity (Wildman–Crippen MR) is 149 cm³/mol. The molecule has 8 nitrogen and oxygen atoms in total. The first-order chi connectivity index (χ1) is 19.6. The van der Waals surface area contributed by atoms with Crippen LogP contribution in [-0.4, -0.2) is 22.8 Å². The van der Waals surface area contributed by atoms with Crippen molar-refractivity contribution >= 4 is 16.9 Å². The van der Waals surface area contributed by atoms with Gasteiger partial charge in [0.05, 0.1) is 0 Å². The summed E-state index contributed by atoms with van der Waals surface area (Å²) in [6.45, 7) is 1.50. The Morgan fingerprint density at radius 1 is 0.875 bits per heavy atom. The highest BCUT2D eigenvalue weighted by Gasteiger charge is 2.12. The van der Waals surface area contributed by atoms with Crippen molar-refractivity contribution in [2.24, 2.45) is 5.73 Å². The Bertz CT molecular complexity index is 1590. The Kier molecular flexibility index (Phi) is 8.63. The summed E-state index contributed by atoms with van der Waals surface area (Å²) >= 11 is 0. The zero-order valence-corrected chi connectivity index (χ0v) is 21.8. The normalized spacial score (nSPS) is 11.0. The number of hydrogen-bond donors (Lipinski definition) is 2. The van der Waals surface area contributed by atoms with Crippen molar-refractivity contribution in [3.8, 4) is 22.6 Å². The predicted octanol–water partition coefficient (Wildman–Crippen LogP) is 5.54. The van der Waals surface area contributed by atoms with E-state index in [-0.39, 0.29) is 24.9 Å². The minimum atomic E-state index is -0.322. The molecule has 0 aliphatic heterocycles. The van der Waals surface area contributed by atoms with E-state index in [0.29, 0.717) is 59.6 Å². The van der Waals surface area contributed by atoms with Crippen LogP contribution in [0.3, 0.4) is 0 Å².